The lowest BCUT2D eigenvalue weighted by molar-refractivity contribution is 0.0797. The number of halogens is 1. The number of rotatable bonds is 2. The molecule has 1 fully saturated rings. The van der Waals surface area contributed by atoms with Crippen LogP contribution in [0.4, 0.5) is 4.39 Å². The molecule has 18 heavy (non-hydrogen) atoms. The molecule has 2 rings (SSSR count). The van der Waals surface area contributed by atoms with E-state index in [0.717, 1.165) is 24.8 Å². The minimum atomic E-state index is -0.610. The summed E-state index contributed by atoms with van der Waals surface area (Å²) in [5, 5.41) is 0. The number of aryl methyl sites for hydroxylation is 2. The van der Waals surface area contributed by atoms with Gasteiger partial charge in [0.1, 0.15) is 5.82 Å². The summed E-state index contributed by atoms with van der Waals surface area (Å²) >= 11 is 0. The lowest BCUT2D eigenvalue weighted by atomic mass is 9.77. The van der Waals surface area contributed by atoms with E-state index in [1.54, 1.807) is 6.92 Å². The van der Waals surface area contributed by atoms with Gasteiger partial charge < -0.3 is 5.73 Å². The van der Waals surface area contributed by atoms with Crippen LogP contribution in [0.15, 0.2) is 12.1 Å². The Balaban J connectivity index is 2.47. The van der Waals surface area contributed by atoms with E-state index in [1.165, 1.54) is 6.07 Å². The molecule has 2 nitrogen and oxygen atoms in total. The number of ketones is 1. The van der Waals surface area contributed by atoms with Gasteiger partial charge in [-0.15, -0.1) is 0 Å². The fourth-order valence-electron chi connectivity index (χ4n) is 2.96. The van der Waals surface area contributed by atoms with Crippen LogP contribution in [0.5, 0.6) is 0 Å². The SMILES string of the molecule is Cc1cc(C)c(C(=O)C2(C)CCCC2N)c(F)c1. The number of hydrogen-bond acceptors (Lipinski definition) is 2. The molecular formula is C15H20FNO. The molecule has 1 aromatic carbocycles. The van der Waals surface area contributed by atoms with Crippen LogP contribution in [0.3, 0.4) is 0 Å². The predicted molar refractivity (Wildman–Crippen MR) is 70.1 cm³/mol. The Bertz CT molecular complexity index is 474. The molecule has 1 aromatic rings. The van der Waals surface area contributed by atoms with Crippen LogP contribution in [0, 0.1) is 25.1 Å². The maximum Gasteiger partial charge on any atom is 0.173 e. The maximum absolute atomic E-state index is 14.1. The van der Waals surface area contributed by atoms with Gasteiger partial charge in [0.25, 0.3) is 0 Å². The molecule has 2 unspecified atom stereocenters. The van der Waals surface area contributed by atoms with Gasteiger partial charge in [-0.1, -0.05) is 19.4 Å². The maximum atomic E-state index is 14.1. The zero-order valence-electron chi connectivity index (χ0n) is 11.2. The molecule has 0 aromatic heterocycles. The molecule has 1 aliphatic carbocycles. The Kier molecular flexibility index (Phi) is 3.28. The third-order valence-corrected chi connectivity index (χ3v) is 4.21. The van der Waals surface area contributed by atoms with Gasteiger partial charge in [0.2, 0.25) is 0 Å². The fraction of sp³-hybridized carbons (Fsp3) is 0.533. The molecule has 0 spiro atoms. The Hall–Kier alpha value is -1.22. The van der Waals surface area contributed by atoms with Crippen molar-refractivity contribution in [1.82, 2.24) is 0 Å². The third-order valence-electron chi connectivity index (χ3n) is 4.21. The normalized spacial score (nSPS) is 27.5. The summed E-state index contributed by atoms with van der Waals surface area (Å²) in [5.74, 6) is -0.555. The van der Waals surface area contributed by atoms with E-state index < -0.39 is 11.2 Å². The Labute approximate surface area is 107 Å². The van der Waals surface area contributed by atoms with Gasteiger partial charge in [0.15, 0.2) is 5.78 Å². The summed E-state index contributed by atoms with van der Waals surface area (Å²) in [6.07, 6.45) is 2.53. The van der Waals surface area contributed by atoms with E-state index in [0.29, 0.717) is 5.56 Å². The highest BCUT2D eigenvalue weighted by Gasteiger charge is 2.44. The first kappa shape index (κ1) is 13.2. The van der Waals surface area contributed by atoms with E-state index in [1.807, 2.05) is 19.9 Å². The minimum Gasteiger partial charge on any atom is -0.327 e. The summed E-state index contributed by atoms with van der Waals surface area (Å²) in [6, 6.07) is 3.11. The van der Waals surface area contributed by atoms with Crippen molar-refractivity contribution < 1.29 is 9.18 Å². The number of benzene rings is 1. The molecule has 0 saturated heterocycles. The highest BCUT2D eigenvalue weighted by atomic mass is 19.1. The zero-order chi connectivity index (χ0) is 13.5. The lowest BCUT2D eigenvalue weighted by Gasteiger charge is -2.28. The zero-order valence-corrected chi connectivity index (χ0v) is 11.2. The Morgan fingerprint density at radius 2 is 2.11 bits per heavy atom. The molecule has 0 bridgehead atoms. The van der Waals surface area contributed by atoms with Crippen LogP contribution in [-0.4, -0.2) is 11.8 Å². The van der Waals surface area contributed by atoms with Gasteiger partial charge in [0.05, 0.1) is 5.56 Å². The van der Waals surface area contributed by atoms with Crippen LogP contribution in [0.25, 0.3) is 0 Å². The molecule has 2 N–H and O–H groups in total. The highest BCUT2D eigenvalue weighted by molar-refractivity contribution is 6.02. The number of carbonyl (C=O) groups is 1. The van der Waals surface area contributed by atoms with E-state index in [4.69, 9.17) is 5.73 Å². The number of Topliss-reactive ketones (excluding diaryl/α,β-unsaturated/α-hetero) is 1. The molecule has 3 heteroatoms. The first-order valence-corrected chi connectivity index (χ1v) is 6.43. The summed E-state index contributed by atoms with van der Waals surface area (Å²) < 4.78 is 14.1. The molecule has 0 amide bonds. The van der Waals surface area contributed by atoms with E-state index >= 15 is 0 Å². The van der Waals surface area contributed by atoms with E-state index in [9.17, 15) is 9.18 Å². The van der Waals surface area contributed by atoms with Gasteiger partial charge in [-0.25, -0.2) is 4.39 Å². The number of nitrogens with two attached hydrogens (primary N) is 1. The quantitative estimate of drug-likeness (QED) is 0.818. The van der Waals surface area contributed by atoms with Gasteiger partial charge in [-0.3, -0.25) is 4.79 Å². The number of hydrogen-bond donors (Lipinski definition) is 1. The topological polar surface area (TPSA) is 43.1 Å². The van der Waals surface area contributed by atoms with Crippen LogP contribution in [0.2, 0.25) is 0 Å². The first-order valence-electron chi connectivity index (χ1n) is 6.43. The van der Waals surface area contributed by atoms with E-state index in [-0.39, 0.29) is 17.4 Å². The molecule has 1 aliphatic rings. The first-order chi connectivity index (χ1) is 8.36. The molecule has 0 radical (unpaired) electrons. The molecule has 0 aliphatic heterocycles. The average Bonchev–Trinajstić information content (AvgIpc) is 2.59. The Morgan fingerprint density at radius 1 is 1.44 bits per heavy atom. The van der Waals surface area contributed by atoms with Crippen molar-refractivity contribution in [3.8, 4) is 0 Å². The van der Waals surface area contributed by atoms with Crippen molar-refractivity contribution in [2.24, 2.45) is 11.1 Å². The van der Waals surface area contributed by atoms with Gasteiger partial charge in [-0.2, -0.15) is 0 Å². The summed E-state index contributed by atoms with van der Waals surface area (Å²) in [4.78, 5) is 12.6. The van der Waals surface area contributed by atoms with Crippen molar-refractivity contribution in [2.75, 3.05) is 0 Å². The lowest BCUT2D eigenvalue weighted by Crippen LogP contribution is -2.41. The minimum absolute atomic E-state index is 0.137. The van der Waals surface area contributed by atoms with Gasteiger partial charge in [-0.05, 0) is 43.9 Å². The molecule has 1 saturated carbocycles. The number of carbonyl (C=O) groups excluding carboxylic acids is 1. The highest BCUT2D eigenvalue weighted by Crippen LogP contribution is 2.40. The molecule has 0 heterocycles. The van der Waals surface area contributed by atoms with Crippen molar-refractivity contribution in [2.45, 2.75) is 46.1 Å². The second-order valence-corrected chi connectivity index (χ2v) is 5.68. The van der Waals surface area contributed by atoms with Crippen LogP contribution >= 0.6 is 0 Å². The Morgan fingerprint density at radius 3 is 2.61 bits per heavy atom. The van der Waals surface area contributed by atoms with Crippen LogP contribution < -0.4 is 5.73 Å². The van der Waals surface area contributed by atoms with Crippen LogP contribution in [0.1, 0.15) is 47.7 Å². The largest absolute Gasteiger partial charge is 0.327 e. The van der Waals surface area contributed by atoms with Gasteiger partial charge in [0, 0.05) is 11.5 Å². The van der Waals surface area contributed by atoms with E-state index in [2.05, 4.69) is 0 Å². The predicted octanol–water partition coefficient (Wildman–Crippen LogP) is 3.14. The standard InChI is InChI=1S/C15H20FNO/c1-9-7-10(2)13(11(16)8-9)14(18)15(3)6-4-5-12(15)17/h7-8,12H,4-6,17H2,1-3H3. The molecule has 2 atom stereocenters. The summed E-state index contributed by atoms with van der Waals surface area (Å²) in [6.45, 7) is 5.48. The second-order valence-electron chi connectivity index (χ2n) is 5.68. The second kappa shape index (κ2) is 4.47. The molecule has 98 valence electrons. The summed E-state index contributed by atoms with van der Waals surface area (Å²) in [5.41, 5.74) is 7.19. The average molecular weight is 249 g/mol. The summed E-state index contributed by atoms with van der Waals surface area (Å²) in [7, 11) is 0. The fourth-order valence-corrected chi connectivity index (χ4v) is 2.96. The van der Waals surface area contributed by atoms with Crippen molar-refractivity contribution in [3.63, 3.8) is 0 Å². The smallest absolute Gasteiger partial charge is 0.173 e. The van der Waals surface area contributed by atoms with Crippen molar-refractivity contribution in [1.29, 1.82) is 0 Å². The van der Waals surface area contributed by atoms with Crippen molar-refractivity contribution in [3.05, 3.63) is 34.6 Å². The van der Waals surface area contributed by atoms with Crippen molar-refractivity contribution >= 4 is 5.78 Å². The third kappa shape index (κ3) is 1.97. The van der Waals surface area contributed by atoms with Gasteiger partial charge >= 0.3 is 0 Å². The molecular weight excluding hydrogens is 229 g/mol. The van der Waals surface area contributed by atoms with Crippen LogP contribution in [-0.2, 0) is 0 Å². The monoisotopic (exact) mass is 249 g/mol.